The number of Topliss-reactive ketones (excluding diaryl/α,β-unsaturated/α-hetero) is 1. The van der Waals surface area contributed by atoms with Crippen LogP contribution in [-0.2, 0) is 44.9 Å². The van der Waals surface area contributed by atoms with Gasteiger partial charge in [-0.05, 0) is 47.6 Å². The highest BCUT2D eigenvalue weighted by Gasteiger charge is 2.39. The molecule has 2 aromatic carbocycles. The zero-order valence-corrected chi connectivity index (χ0v) is 21.0. The topological polar surface area (TPSA) is 96.0 Å². The van der Waals surface area contributed by atoms with Gasteiger partial charge in [0, 0.05) is 51.0 Å². The number of amides is 3. The maximum absolute atomic E-state index is 12.8. The normalized spacial score (nSPS) is 20.2. The number of ketones is 1. The van der Waals surface area contributed by atoms with Gasteiger partial charge in [0.1, 0.15) is 11.8 Å². The third-order valence-electron chi connectivity index (χ3n) is 7.53. The van der Waals surface area contributed by atoms with Gasteiger partial charge < -0.3 is 9.64 Å². The summed E-state index contributed by atoms with van der Waals surface area (Å²) < 4.78 is 5.40. The first-order chi connectivity index (χ1) is 18.0. The lowest BCUT2D eigenvalue weighted by Gasteiger charge is -2.29. The number of imide groups is 1. The summed E-state index contributed by atoms with van der Waals surface area (Å²) in [5, 5.41) is 2.33. The lowest BCUT2D eigenvalue weighted by molar-refractivity contribution is -0.137. The van der Waals surface area contributed by atoms with Gasteiger partial charge >= 0.3 is 0 Å². The number of nitrogens with zero attached hydrogens (tertiary/aromatic N) is 2. The second kappa shape index (κ2) is 11.4. The average Bonchev–Trinajstić information content (AvgIpc) is 3.23. The van der Waals surface area contributed by atoms with Gasteiger partial charge in [-0.3, -0.25) is 29.4 Å². The lowest BCUT2D eigenvalue weighted by atomic mass is 9.99. The minimum absolute atomic E-state index is 0.180. The number of benzene rings is 2. The summed E-state index contributed by atoms with van der Waals surface area (Å²) in [5.74, 6) is -0.700. The number of hydrogen-bond donors (Lipinski definition) is 1. The minimum atomic E-state index is -0.617. The number of piperidine rings is 1. The van der Waals surface area contributed by atoms with E-state index in [2.05, 4.69) is 34.5 Å². The highest BCUT2D eigenvalue weighted by atomic mass is 16.5. The molecule has 1 N–H and O–H groups in total. The molecule has 1 unspecified atom stereocenters. The lowest BCUT2D eigenvalue weighted by Crippen LogP contribution is -2.52. The monoisotopic (exact) mass is 503 g/mol. The fourth-order valence-electron chi connectivity index (χ4n) is 5.32. The van der Waals surface area contributed by atoms with Crippen LogP contribution >= 0.6 is 0 Å². The molecule has 1 atom stereocenters. The Morgan fingerprint density at radius 3 is 2.43 bits per heavy atom. The third kappa shape index (κ3) is 6.14. The summed E-state index contributed by atoms with van der Waals surface area (Å²) >= 11 is 0. The molecule has 0 bridgehead atoms. The Bertz CT molecular complexity index is 1190. The van der Waals surface area contributed by atoms with E-state index in [1.165, 1.54) is 5.56 Å². The van der Waals surface area contributed by atoms with Crippen molar-refractivity contribution in [1.29, 1.82) is 0 Å². The first kappa shape index (κ1) is 25.3. The Kier molecular flexibility index (Phi) is 7.76. The van der Waals surface area contributed by atoms with Crippen LogP contribution in [0.3, 0.4) is 0 Å². The van der Waals surface area contributed by atoms with E-state index in [1.807, 2.05) is 12.1 Å². The molecule has 0 saturated carbocycles. The molecule has 37 heavy (non-hydrogen) atoms. The standard InChI is InChI=1S/C29H33N3O5/c33-24(18-22-3-1-20(2-4-22)11-12-31-13-15-37-16-14-31)7-5-21-6-8-25-23(17-21)19-32(29(25)36)26-9-10-27(34)30-28(26)35/h1-4,6,8,17,26H,5,7,9-16,18-19H2,(H,30,34,35). The number of hydrogen-bond acceptors (Lipinski definition) is 6. The Balaban J connectivity index is 1.10. The predicted octanol–water partition coefficient (Wildman–Crippen LogP) is 2.07. The Morgan fingerprint density at radius 1 is 0.946 bits per heavy atom. The molecule has 2 fully saturated rings. The molecule has 3 aliphatic rings. The van der Waals surface area contributed by atoms with E-state index >= 15 is 0 Å². The maximum atomic E-state index is 12.8. The van der Waals surface area contributed by atoms with Crippen LogP contribution in [0.4, 0.5) is 0 Å². The molecule has 0 spiro atoms. The van der Waals surface area contributed by atoms with Crippen LogP contribution in [0.5, 0.6) is 0 Å². The second-order valence-electron chi connectivity index (χ2n) is 10.1. The largest absolute Gasteiger partial charge is 0.379 e. The molecule has 0 aliphatic carbocycles. The SMILES string of the molecule is O=C(CCc1ccc2c(c1)CN(C1CCC(=O)NC1=O)C2=O)Cc1ccc(CCN2CCOCC2)cc1. The zero-order valence-electron chi connectivity index (χ0n) is 21.0. The quantitative estimate of drug-likeness (QED) is 0.527. The van der Waals surface area contributed by atoms with Crippen LogP contribution in [-0.4, -0.2) is 72.2 Å². The van der Waals surface area contributed by atoms with Crippen LogP contribution < -0.4 is 5.32 Å². The fourth-order valence-corrected chi connectivity index (χ4v) is 5.32. The van der Waals surface area contributed by atoms with Crippen molar-refractivity contribution in [3.05, 3.63) is 70.3 Å². The van der Waals surface area contributed by atoms with Crippen LogP contribution in [0.25, 0.3) is 0 Å². The first-order valence-electron chi connectivity index (χ1n) is 13.1. The molecule has 8 heteroatoms. The van der Waals surface area contributed by atoms with Crippen molar-refractivity contribution < 1.29 is 23.9 Å². The number of carbonyl (C=O) groups is 4. The van der Waals surface area contributed by atoms with E-state index in [0.717, 1.165) is 56.0 Å². The van der Waals surface area contributed by atoms with Gasteiger partial charge in [-0.25, -0.2) is 0 Å². The van der Waals surface area contributed by atoms with Crippen LogP contribution in [0.2, 0.25) is 0 Å². The molecule has 5 rings (SSSR count). The van der Waals surface area contributed by atoms with Crippen molar-refractivity contribution in [1.82, 2.24) is 15.1 Å². The molecule has 0 aromatic heterocycles. The molecule has 3 heterocycles. The summed E-state index contributed by atoms with van der Waals surface area (Å²) in [4.78, 5) is 53.2. The molecular formula is C29H33N3O5. The molecule has 2 aromatic rings. The fraction of sp³-hybridized carbons (Fsp3) is 0.448. The van der Waals surface area contributed by atoms with Gasteiger partial charge in [-0.1, -0.05) is 36.4 Å². The predicted molar refractivity (Wildman–Crippen MR) is 137 cm³/mol. The van der Waals surface area contributed by atoms with E-state index in [1.54, 1.807) is 11.0 Å². The van der Waals surface area contributed by atoms with Crippen molar-refractivity contribution >= 4 is 23.5 Å². The summed E-state index contributed by atoms with van der Waals surface area (Å²) in [6.07, 6.45) is 3.03. The number of morpholine rings is 1. The van der Waals surface area contributed by atoms with Crippen molar-refractivity contribution in [2.24, 2.45) is 0 Å². The van der Waals surface area contributed by atoms with Crippen molar-refractivity contribution in [2.75, 3.05) is 32.8 Å². The van der Waals surface area contributed by atoms with Crippen molar-refractivity contribution in [2.45, 2.75) is 51.1 Å². The molecule has 0 radical (unpaired) electrons. The number of ether oxygens (including phenoxy) is 1. The number of nitrogens with one attached hydrogen (secondary N) is 1. The summed E-state index contributed by atoms with van der Waals surface area (Å²) in [5.41, 5.74) is 4.77. The minimum Gasteiger partial charge on any atom is -0.379 e. The summed E-state index contributed by atoms with van der Waals surface area (Å²) in [6.45, 7) is 4.98. The molecule has 8 nitrogen and oxygen atoms in total. The van der Waals surface area contributed by atoms with Gasteiger partial charge in [0.2, 0.25) is 11.8 Å². The third-order valence-corrected chi connectivity index (χ3v) is 7.53. The van der Waals surface area contributed by atoms with E-state index < -0.39 is 11.9 Å². The molecule has 3 amide bonds. The smallest absolute Gasteiger partial charge is 0.255 e. The second-order valence-corrected chi connectivity index (χ2v) is 10.1. The number of carbonyl (C=O) groups excluding carboxylic acids is 4. The summed E-state index contributed by atoms with van der Waals surface area (Å²) in [7, 11) is 0. The number of rotatable bonds is 9. The molecule has 2 saturated heterocycles. The molecule has 194 valence electrons. The number of fused-ring (bicyclic) bond motifs is 1. The number of aryl methyl sites for hydroxylation is 1. The van der Waals surface area contributed by atoms with Gasteiger partial charge in [-0.2, -0.15) is 0 Å². The van der Waals surface area contributed by atoms with E-state index in [9.17, 15) is 19.2 Å². The van der Waals surface area contributed by atoms with Gasteiger partial charge in [0.05, 0.1) is 13.2 Å². The van der Waals surface area contributed by atoms with E-state index in [4.69, 9.17) is 4.74 Å². The molecule has 3 aliphatic heterocycles. The first-order valence-corrected chi connectivity index (χ1v) is 13.1. The van der Waals surface area contributed by atoms with Crippen LogP contribution in [0, 0.1) is 0 Å². The maximum Gasteiger partial charge on any atom is 0.255 e. The van der Waals surface area contributed by atoms with Gasteiger partial charge in [0.25, 0.3) is 5.91 Å². The molecular weight excluding hydrogens is 470 g/mol. The van der Waals surface area contributed by atoms with Gasteiger partial charge in [0.15, 0.2) is 0 Å². The Morgan fingerprint density at radius 2 is 1.68 bits per heavy atom. The van der Waals surface area contributed by atoms with Crippen LogP contribution in [0.1, 0.15) is 51.9 Å². The Hall–Kier alpha value is -3.36. The van der Waals surface area contributed by atoms with Crippen molar-refractivity contribution in [3.63, 3.8) is 0 Å². The highest BCUT2D eigenvalue weighted by Crippen LogP contribution is 2.28. The van der Waals surface area contributed by atoms with Crippen molar-refractivity contribution in [3.8, 4) is 0 Å². The van der Waals surface area contributed by atoms with E-state index in [0.29, 0.717) is 37.8 Å². The summed E-state index contributed by atoms with van der Waals surface area (Å²) in [6, 6.07) is 13.4. The van der Waals surface area contributed by atoms with Gasteiger partial charge in [-0.15, -0.1) is 0 Å². The van der Waals surface area contributed by atoms with Crippen LogP contribution in [0.15, 0.2) is 42.5 Å². The average molecular weight is 504 g/mol. The zero-order chi connectivity index (χ0) is 25.8. The highest BCUT2D eigenvalue weighted by molar-refractivity contribution is 6.05. The van der Waals surface area contributed by atoms with E-state index in [-0.39, 0.29) is 24.0 Å². The Labute approximate surface area is 217 Å².